The molecule has 0 spiro atoms. The van der Waals surface area contributed by atoms with Crippen LogP contribution in [0.4, 0.5) is 11.4 Å². The van der Waals surface area contributed by atoms with Gasteiger partial charge in [-0.3, -0.25) is 0 Å². The van der Waals surface area contributed by atoms with E-state index >= 15 is 0 Å². The number of hydrogen-bond acceptors (Lipinski definition) is 4. The average molecular weight is 234 g/mol. The summed E-state index contributed by atoms with van der Waals surface area (Å²) in [6, 6.07) is 6.25. The Hall–Kier alpha value is -1.42. The minimum Gasteiger partial charge on any atom is -0.489 e. The molecule has 0 aliphatic carbocycles. The van der Waals surface area contributed by atoms with Crippen LogP contribution in [-0.4, -0.2) is 30.9 Å². The van der Waals surface area contributed by atoms with E-state index in [1.165, 1.54) is 0 Å². The number of aliphatic hydroxyl groups is 1. The second-order valence-electron chi connectivity index (χ2n) is 4.96. The van der Waals surface area contributed by atoms with E-state index in [9.17, 15) is 5.11 Å². The van der Waals surface area contributed by atoms with Gasteiger partial charge in [0.25, 0.3) is 0 Å². The summed E-state index contributed by atoms with van der Waals surface area (Å²) in [5, 5.41) is 9.24. The van der Waals surface area contributed by atoms with Gasteiger partial charge in [-0.25, -0.2) is 0 Å². The molecule has 2 aliphatic heterocycles. The van der Waals surface area contributed by atoms with Gasteiger partial charge < -0.3 is 20.5 Å². The van der Waals surface area contributed by atoms with Crippen LogP contribution in [0.3, 0.4) is 0 Å². The number of nitrogens with two attached hydrogens (primary N) is 1. The zero-order valence-electron chi connectivity index (χ0n) is 9.80. The highest BCUT2D eigenvalue weighted by molar-refractivity contribution is 5.65. The van der Waals surface area contributed by atoms with E-state index in [1.54, 1.807) is 0 Å². The lowest BCUT2D eigenvalue weighted by Crippen LogP contribution is -2.49. The Bertz CT molecular complexity index is 422. The van der Waals surface area contributed by atoms with Crippen LogP contribution < -0.4 is 15.4 Å². The normalized spacial score (nSPS) is 27.0. The van der Waals surface area contributed by atoms with Crippen molar-refractivity contribution in [2.75, 3.05) is 30.4 Å². The average Bonchev–Trinajstić information content (AvgIpc) is 2.37. The lowest BCUT2D eigenvalue weighted by atomic mass is 9.90. The molecule has 0 bridgehead atoms. The third-order valence-corrected chi connectivity index (χ3v) is 3.81. The summed E-state index contributed by atoms with van der Waals surface area (Å²) in [5.41, 5.74) is 7.65. The van der Waals surface area contributed by atoms with Crippen molar-refractivity contribution < 1.29 is 9.84 Å². The van der Waals surface area contributed by atoms with Gasteiger partial charge in [0.2, 0.25) is 0 Å². The largest absolute Gasteiger partial charge is 0.489 e. The zero-order chi connectivity index (χ0) is 11.8. The molecule has 17 heavy (non-hydrogen) atoms. The van der Waals surface area contributed by atoms with Crippen molar-refractivity contribution in [1.82, 2.24) is 0 Å². The van der Waals surface area contributed by atoms with Crippen LogP contribution in [0.5, 0.6) is 5.75 Å². The molecule has 2 heterocycles. The summed E-state index contributed by atoms with van der Waals surface area (Å²) in [4.78, 5) is 2.39. The van der Waals surface area contributed by atoms with Crippen molar-refractivity contribution in [2.45, 2.75) is 18.9 Å². The summed E-state index contributed by atoms with van der Waals surface area (Å²) in [7, 11) is 0. The Labute approximate surface area is 101 Å². The number of piperidine rings is 1. The molecular formula is C13H18N2O2. The molecule has 2 atom stereocenters. The van der Waals surface area contributed by atoms with Gasteiger partial charge >= 0.3 is 0 Å². The summed E-state index contributed by atoms with van der Waals surface area (Å²) in [6.45, 7) is 1.99. The molecule has 0 amide bonds. The highest BCUT2D eigenvalue weighted by atomic mass is 16.5. The predicted octanol–water partition coefficient (Wildman–Crippen LogP) is 1.24. The van der Waals surface area contributed by atoms with Crippen molar-refractivity contribution >= 4 is 11.4 Å². The fourth-order valence-corrected chi connectivity index (χ4v) is 2.84. The van der Waals surface area contributed by atoms with Crippen LogP contribution >= 0.6 is 0 Å². The van der Waals surface area contributed by atoms with Gasteiger partial charge in [0.05, 0.1) is 11.7 Å². The standard InChI is InChI=1S/C13H18N2O2/c14-10-1-2-12-13(6-10)17-8-11-5-9(7-16)3-4-15(11)12/h1-2,6,9,11,16H,3-5,7-8,14H2. The smallest absolute Gasteiger partial charge is 0.144 e. The minimum atomic E-state index is 0.291. The first-order valence-electron chi connectivity index (χ1n) is 6.18. The number of benzene rings is 1. The second kappa shape index (κ2) is 4.11. The van der Waals surface area contributed by atoms with Crippen LogP contribution in [0.2, 0.25) is 0 Å². The van der Waals surface area contributed by atoms with Gasteiger partial charge in [0, 0.05) is 24.9 Å². The number of fused-ring (bicyclic) bond motifs is 3. The van der Waals surface area contributed by atoms with Crippen LogP contribution in [0.25, 0.3) is 0 Å². The van der Waals surface area contributed by atoms with Gasteiger partial charge in [-0.2, -0.15) is 0 Å². The fraction of sp³-hybridized carbons (Fsp3) is 0.538. The van der Waals surface area contributed by atoms with Crippen molar-refractivity contribution in [2.24, 2.45) is 5.92 Å². The highest BCUT2D eigenvalue weighted by Gasteiger charge is 2.33. The Morgan fingerprint density at radius 2 is 2.35 bits per heavy atom. The summed E-state index contributed by atoms with van der Waals surface area (Å²) in [5.74, 6) is 1.32. The Balaban J connectivity index is 1.87. The molecule has 4 heteroatoms. The van der Waals surface area contributed by atoms with Gasteiger partial charge in [-0.1, -0.05) is 0 Å². The van der Waals surface area contributed by atoms with Crippen LogP contribution in [0.1, 0.15) is 12.8 Å². The van der Waals surface area contributed by atoms with Crippen LogP contribution in [0, 0.1) is 5.92 Å². The van der Waals surface area contributed by atoms with Crippen molar-refractivity contribution in [3.05, 3.63) is 18.2 Å². The third kappa shape index (κ3) is 1.82. The second-order valence-corrected chi connectivity index (χ2v) is 4.96. The topological polar surface area (TPSA) is 58.7 Å². The van der Waals surface area contributed by atoms with E-state index in [0.717, 1.165) is 36.5 Å². The molecule has 3 N–H and O–H groups in total. The number of hydrogen-bond donors (Lipinski definition) is 2. The molecule has 4 nitrogen and oxygen atoms in total. The zero-order valence-corrected chi connectivity index (χ0v) is 9.80. The van der Waals surface area contributed by atoms with Crippen molar-refractivity contribution in [3.63, 3.8) is 0 Å². The first-order chi connectivity index (χ1) is 8.28. The molecule has 1 aromatic rings. The SMILES string of the molecule is Nc1ccc2c(c1)OCC1CC(CO)CCN21. The van der Waals surface area contributed by atoms with Crippen molar-refractivity contribution in [3.8, 4) is 5.75 Å². The lowest BCUT2D eigenvalue weighted by molar-refractivity contribution is 0.158. The number of rotatable bonds is 1. The van der Waals surface area contributed by atoms with Gasteiger partial charge in [-0.05, 0) is 30.9 Å². The molecule has 92 valence electrons. The summed E-state index contributed by atoms with van der Waals surface area (Å²) >= 11 is 0. The third-order valence-electron chi connectivity index (χ3n) is 3.81. The number of anilines is 2. The molecule has 1 saturated heterocycles. The first kappa shape index (κ1) is 10.7. The van der Waals surface area contributed by atoms with E-state index in [1.807, 2.05) is 18.2 Å². The lowest BCUT2D eigenvalue weighted by Gasteiger charge is -2.44. The number of nitrogen functional groups attached to an aromatic ring is 1. The Kier molecular flexibility index (Phi) is 2.59. The molecule has 2 aliphatic rings. The maximum Gasteiger partial charge on any atom is 0.144 e. The first-order valence-corrected chi connectivity index (χ1v) is 6.18. The summed E-state index contributed by atoms with van der Waals surface area (Å²) in [6.07, 6.45) is 2.07. The number of nitrogens with zero attached hydrogens (tertiary/aromatic N) is 1. The van der Waals surface area contributed by atoms with Gasteiger partial charge in [-0.15, -0.1) is 0 Å². The van der Waals surface area contributed by atoms with Gasteiger partial charge in [0.15, 0.2) is 0 Å². The number of aliphatic hydroxyl groups excluding tert-OH is 1. The maximum absolute atomic E-state index is 9.24. The minimum absolute atomic E-state index is 0.291. The molecule has 0 aromatic heterocycles. The molecule has 0 radical (unpaired) electrons. The quantitative estimate of drug-likeness (QED) is 0.718. The Morgan fingerprint density at radius 3 is 3.18 bits per heavy atom. The molecule has 0 saturated carbocycles. The monoisotopic (exact) mass is 234 g/mol. The fourth-order valence-electron chi connectivity index (χ4n) is 2.84. The molecule has 1 fully saturated rings. The molecule has 3 rings (SSSR count). The van der Waals surface area contributed by atoms with E-state index in [4.69, 9.17) is 10.5 Å². The molecular weight excluding hydrogens is 216 g/mol. The van der Waals surface area contributed by atoms with Crippen LogP contribution in [-0.2, 0) is 0 Å². The van der Waals surface area contributed by atoms with Gasteiger partial charge in [0.1, 0.15) is 12.4 Å². The van der Waals surface area contributed by atoms with Crippen molar-refractivity contribution in [1.29, 1.82) is 0 Å². The maximum atomic E-state index is 9.24. The van der Waals surface area contributed by atoms with E-state index < -0.39 is 0 Å². The highest BCUT2D eigenvalue weighted by Crippen LogP contribution is 2.39. The Morgan fingerprint density at radius 1 is 1.47 bits per heavy atom. The predicted molar refractivity (Wildman–Crippen MR) is 67.3 cm³/mol. The van der Waals surface area contributed by atoms with E-state index in [0.29, 0.717) is 25.2 Å². The van der Waals surface area contributed by atoms with E-state index in [-0.39, 0.29) is 0 Å². The van der Waals surface area contributed by atoms with E-state index in [2.05, 4.69) is 4.90 Å². The van der Waals surface area contributed by atoms with Crippen LogP contribution in [0.15, 0.2) is 18.2 Å². The molecule has 2 unspecified atom stereocenters. The summed E-state index contributed by atoms with van der Waals surface area (Å²) < 4.78 is 5.76. The molecule has 1 aromatic carbocycles. The number of ether oxygens (including phenoxy) is 1.